The highest BCUT2D eigenvalue weighted by Crippen LogP contribution is 2.27. The summed E-state index contributed by atoms with van der Waals surface area (Å²) in [6, 6.07) is 17.7. The van der Waals surface area contributed by atoms with E-state index in [1.54, 1.807) is 39.7 Å². The van der Waals surface area contributed by atoms with Crippen LogP contribution in [-0.4, -0.2) is 58.3 Å². The van der Waals surface area contributed by atoms with Crippen molar-refractivity contribution < 1.29 is 15.0 Å². The highest BCUT2D eigenvalue weighted by Gasteiger charge is 2.29. The number of aromatic carboxylic acids is 1. The largest absolute Gasteiger partial charge is 0.508 e. The van der Waals surface area contributed by atoms with E-state index in [0.29, 0.717) is 41.2 Å². The molecule has 1 atom stereocenters. The average molecular weight is 535 g/mol. The fourth-order valence-electron chi connectivity index (χ4n) is 5.24. The standard InChI is InChI=1S/C30H26N6O4/c1-19(37)20-4-6-21(7-5-20)26-9-8-24(16-33-26)35-27-3-2-12-32-28(27)36(30(35)40)25-11-14-34(18-25)17-23-15-22(29(38)39)10-13-31-23/h2-10,12-13,15-16,25,37H,1,11,14,17-18H2,(H,38,39)/t25-/m0/s1. The Morgan fingerprint density at radius 2 is 1.80 bits per heavy atom. The van der Waals surface area contributed by atoms with Crippen LogP contribution < -0.4 is 5.69 Å². The fourth-order valence-corrected chi connectivity index (χ4v) is 5.24. The van der Waals surface area contributed by atoms with Gasteiger partial charge in [0.05, 0.1) is 40.4 Å². The second-order valence-electron chi connectivity index (χ2n) is 9.78. The van der Waals surface area contributed by atoms with Gasteiger partial charge in [-0.1, -0.05) is 30.8 Å². The molecule has 5 heterocycles. The van der Waals surface area contributed by atoms with Gasteiger partial charge in [-0.05, 0) is 42.8 Å². The summed E-state index contributed by atoms with van der Waals surface area (Å²) in [5, 5.41) is 18.9. The van der Waals surface area contributed by atoms with Crippen molar-refractivity contribution in [2.24, 2.45) is 0 Å². The van der Waals surface area contributed by atoms with E-state index in [9.17, 15) is 19.8 Å². The number of carboxylic acid groups (broad SMARTS) is 1. The lowest BCUT2D eigenvalue weighted by Gasteiger charge is -2.16. The number of hydrogen-bond donors (Lipinski definition) is 2. The molecular formula is C30H26N6O4. The van der Waals surface area contributed by atoms with Gasteiger partial charge in [0.2, 0.25) is 0 Å². The van der Waals surface area contributed by atoms with Gasteiger partial charge in [-0.3, -0.25) is 24.0 Å². The number of benzene rings is 1. The zero-order chi connectivity index (χ0) is 27.8. The van der Waals surface area contributed by atoms with Crippen LogP contribution in [-0.2, 0) is 6.54 Å². The molecule has 0 amide bonds. The molecule has 6 rings (SSSR count). The van der Waals surface area contributed by atoms with Crippen LogP contribution in [0.5, 0.6) is 0 Å². The molecule has 0 saturated carbocycles. The van der Waals surface area contributed by atoms with E-state index in [2.05, 4.69) is 26.4 Å². The number of aromatic nitrogens is 5. The zero-order valence-electron chi connectivity index (χ0n) is 21.5. The molecule has 10 nitrogen and oxygen atoms in total. The number of nitrogens with zero attached hydrogens (tertiary/aromatic N) is 6. The summed E-state index contributed by atoms with van der Waals surface area (Å²) in [6.45, 7) is 5.40. The van der Waals surface area contributed by atoms with Crippen molar-refractivity contribution in [2.75, 3.05) is 13.1 Å². The molecule has 0 radical (unpaired) electrons. The van der Waals surface area contributed by atoms with Crippen molar-refractivity contribution in [2.45, 2.75) is 19.0 Å². The second-order valence-corrected chi connectivity index (χ2v) is 9.78. The number of carboxylic acids is 1. The van der Waals surface area contributed by atoms with Crippen molar-refractivity contribution in [3.63, 3.8) is 0 Å². The van der Waals surface area contributed by atoms with Gasteiger partial charge in [0.1, 0.15) is 5.76 Å². The first-order chi connectivity index (χ1) is 19.4. The normalized spacial score (nSPS) is 15.4. The van der Waals surface area contributed by atoms with Crippen molar-refractivity contribution >= 4 is 22.9 Å². The topological polar surface area (TPSA) is 126 Å². The maximum absolute atomic E-state index is 13.8. The minimum absolute atomic E-state index is 0.00803. The Labute approximate surface area is 229 Å². The summed E-state index contributed by atoms with van der Waals surface area (Å²) in [5.41, 5.74) is 4.89. The molecular weight excluding hydrogens is 508 g/mol. The number of likely N-dealkylation sites (tertiary alicyclic amines) is 1. The van der Waals surface area contributed by atoms with Gasteiger partial charge in [0, 0.05) is 43.2 Å². The number of aliphatic hydroxyl groups is 1. The van der Waals surface area contributed by atoms with E-state index < -0.39 is 5.97 Å². The number of imidazole rings is 1. The lowest BCUT2D eigenvalue weighted by Crippen LogP contribution is -2.29. The first-order valence-electron chi connectivity index (χ1n) is 12.8. The Balaban J connectivity index is 1.28. The molecule has 1 aliphatic heterocycles. The van der Waals surface area contributed by atoms with Gasteiger partial charge in [-0.25, -0.2) is 14.6 Å². The van der Waals surface area contributed by atoms with Crippen LogP contribution in [0.3, 0.4) is 0 Å². The summed E-state index contributed by atoms with van der Waals surface area (Å²) in [6.07, 6.45) is 5.62. The minimum atomic E-state index is -0.984. The highest BCUT2D eigenvalue weighted by atomic mass is 16.4. The molecule has 1 aromatic carbocycles. The predicted molar refractivity (Wildman–Crippen MR) is 150 cm³/mol. The predicted octanol–water partition coefficient (Wildman–Crippen LogP) is 4.32. The fraction of sp³-hybridized carbons (Fsp3) is 0.167. The van der Waals surface area contributed by atoms with Crippen LogP contribution >= 0.6 is 0 Å². The Bertz CT molecular complexity index is 1790. The second kappa shape index (κ2) is 10.2. The van der Waals surface area contributed by atoms with E-state index in [0.717, 1.165) is 24.2 Å². The third-order valence-corrected chi connectivity index (χ3v) is 7.21. The maximum atomic E-state index is 13.8. The summed E-state index contributed by atoms with van der Waals surface area (Å²) in [7, 11) is 0. The molecule has 5 aromatic rings. The average Bonchev–Trinajstić information content (AvgIpc) is 3.54. The number of aliphatic hydroxyl groups excluding tert-OH is 1. The number of hydrogen-bond acceptors (Lipinski definition) is 7. The van der Waals surface area contributed by atoms with E-state index in [1.165, 1.54) is 12.3 Å². The maximum Gasteiger partial charge on any atom is 0.335 e. The van der Waals surface area contributed by atoms with Gasteiger partial charge in [-0.2, -0.15) is 0 Å². The van der Waals surface area contributed by atoms with Crippen LogP contribution in [0.2, 0.25) is 0 Å². The number of pyridine rings is 3. The lowest BCUT2D eigenvalue weighted by atomic mass is 10.1. The van der Waals surface area contributed by atoms with Crippen LogP contribution in [0, 0.1) is 0 Å². The third kappa shape index (κ3) is 4.65. The number of carbonyl (C=O) groups is 1. The summed E-state index contributed by atoms with van der Waals surface area (Å²) in [4.78, 5) is 40.8. The smallest absolute Gasteiger partial charge is 0.335 e. The van der Waals surface area contributed by atoms with E-state index in [-0.39, 0.29) is 23.1 Å². The van der Waals surface area contributed by atoms with Gasteiger partial charge >= 0.3 is 11.7 Å². The van der Waals surface area contributed by atoms with Crippen LogP contribution in [0.15, 0.2) is 90.6 Å². The van der Waals surface area contributed by atoms with Crippen LogP contribution in [0.25, 0.3) is 33.9 Å². The van der Waals surface area contributed by atoms with Crippen molar-refractivity contribution in [3.8, 4) is 16.9 Å². The van der Waals surface area contributed by atoms with Crippen molar-refractivity contribution in [3.05, 3.63) is 113 Å². The summed E-state index contributed by atoms with van der Waals surface area (Å²) < 4.78 is 3.39. The van der Waals surface area contributed by atoms with E-state index >= 15 is 0 Å². The monoisotopic (exact) mass is 534 g/mol. The van der Waals surface area contributed by atoms with E-state index in [1.807, 2.05) is 36.4 Å². The zero-order valence-corrected chi connectivity index (χ0v) is 21.5. The summed E-state index contributed by atoms with van der Waals surface area (Å²) >= 11 is 0. The van der Waals surface area contributed by atoms with Crippen LogP contribution in [0.1, 0.15) is 34.1 Å². The molecule has 0 aliphatic carbocycles. The Morgan fingerprint density at radius 1 is 0.975 bits per heavy atom. The molecule has 0 spiro atoms. The van der Waals surface area contributed by atoms with Gasteiger partial charge in [0.15, 0.2) is 5.65 Å². The molecule has 2 N–H and O–H groups in total. The SMILES string of the molecule is C=C(O)c1ccc(-c2ccc(-n3c(=O)n([C@H]4CCN(Cc5cc(C(=O)O)ccn5)C4)c4ncccc43)cn2)cc1. The molecule has 1 saturated heterocycles. The van der Waals surface area contributed by atoms with Gasteiger partial charge in [0.25, 0.3) is 0 Å². The van der Waals surface area contributed by atoms with Gasteiger partial charge < -0.3 is 10.2 Å². The van der Waals surface area contributed by atoms with E-state index in [4.69, 9.17) is 0 Å². The van der Waals surface area contributed by atoms with Crippen molar-refractivity contribution in [1.82, 2.24) is 29.0 Å². The first kappa shape index (κ1) is 25.2. The summed E-state index contributed by atoms with van der Waals surface area (Å²) in [5.74, 6) is -0.976. The molecule has 0 unspecified atom stereocenters. The van der Waals surface area contributed by atoms with Crippen LogP contribution in [0.4, 0.5) is 0 Å². The molecule has 40 heavy (non-hydrogen) atoms. The Hall–Kier alpha value is -5.09. The molecule has 200 valence electrons. The first-order valence-corrected chi connectivity index (χ1v) is 12.8. The Kier molecular flexibility index (Phi) is 6.45. The highest BCUT2D eigenvalue weighted by molar-refractivity contribution is 5.87. The molecule has 10 heteroatoms. The molecule has 0 bridgehead atoms. The molecule has 1 aliphatic rings. The third-order valence-electron chi connectivity index (χ3n) is 7.21. The molecule has 1 fully saturated rings. The minimum Gasteiger partial charge on any atom is -0.508 e. The number of rotatable bonds is 7. The quantitative estimate of drug-likeness (QED) is 0.296. The Morgan fingerprint density at radius 3 is 2.52 bits per heavy atom. The van der Waals surface area contributed by atoms with Gasteiger partial charge in [-0.15, -0.1) is 0 Å². The lowest BCUT2D eigenvalue weighted by molar-refractivity contribution is 0.0696. The molecule has 4 aromatic heterocycles. The number of fused-ring (bicyclic) bond motifs is 1. The van der Waals surface area contributed by atoms with Crippen molar-refractivity contribution in [1.29, 1.82) is 0 Å².